The Labute approximate surface area is 158 Å². The second kappa shape index (κ2) is 6.43. The molecule has 3 aliphatic rings. The Kier molecular flexibility index (Phi) is 4.32. The van der Waals surface area contributed by atoms with Crippen molar-refractivity contribution in [3.05, 3.63) is 34.6 Å². The summed E-state index contributed by atoms with van der Waals surface area (Å²) in [5.74, 6) is -1.20. The fourth-order valence-corrected chi connectivity index (χ4v) is 4.73. The summed E-state index contributed by atoms with van der Waals surface area (Å²) in [6.07, 6.45) is 4.65. The zero-order valence-electron chi connectivity index (χ0n) is 15.8. The number of carbonyl (C=O) groups is 3. The monoisotopic (exact) mass is 372 g/mol. The lowest BCUT2D eigenvalue weighted by atomic mass is 9.70. The Morgan fingerprint density at radius 2 is 1.81 bits per heavy atom. The van der Waals surface area contributed by atoms with Crippen molar-refractivity contribution in [1.82, 2.24) is 10.2 Å². The van der Waals surface area contributed by atoms with Gasteiger partial charge in [0.2, 0.25) is 11.8 Å². The van der Waals surface area contributed by atoms with E-state index in [0.29, 0.717) is 23.9 Å². The van der Waals surface area contributed by atoms with Crippen molar-refractivity contribution >= 4 is 17.7 Å². The minimum Gasteiger partial charge on any atom is -0.322 e. The molecule has 144 valence electrons. The van der Waals surface area contributed by atoms with E-state index in [2.05, 4.69) is 19.2 Å². The van der Waals surface area contributed by atoms with Crippen LogP contribution in [0.2, 0.25) is 0 Å². The summed E-state index contributed by atoms with van der Waals surface area (Å²) in [6.45, 7) is 4.83. The summed E-state index contributed by atoms with van der Waals surface area (Å²) in [6, 6.07) is 2.20. The van der Waals surface area contributed by atoms with Crippen molar-refractivity contribution in [1.29, 1.82) is 0 Å². The highest BCUT2D eigenvalue weighted by Crippen LogP contribution is 2.45. The summed E-state index contributed by atoms with van der Waals surface area (Å²) in [5, 5.41) is 2.31. The van der Waals surface area contributed by atoms with Crippen LogP contribution in [0.1, 0.15) is 79.8 Å². The van der Waals surface area contributed by atoms with Crippen molar-refractivity contribution in [2.24, 2.45) is 5.41 Å². The average molecular weight is 372 g/mol. The van der Waals surface area contributed by atoms with Gasteiger partial charge in [0.25, 0.3) is 5.91 Å². The van der Waals surface area contributed by atoms with Crippen molar-refractivity contribution in [3.63, 3.8) is 0 Å². The number of nitrogens with one attached hydrogen (secondary N) is 1. The van der Waals surface area contributed by atoms with Crippen molar-refractivity contribution in [2.75, 3.05) is 0 Å². The van der Waals surface area contributed by atoms with Gasteiger partial charge in [-0.3, -0.25) is 19.7 Å². The van der Waals surface area contributed by atoms with Crippen LogP contribution in [-0.4, -0.2) is 28.7 Å². The van der Waals surface area contributed by atoms with Gasteiger partial charge < -0.3 is 4.90 Å². The molecule has 1 N–H and O–H groups in total. The second-order valence-corrected chi connectivity index (χ2v) is 8.86. The number of fused-ring (bicyclic) bond motifs is 1. The van der Waals surface area contributed by atoms with E-state index >= 15 is 0 Å². The Hall–Kier alpha value is -2.24. The predicted octanol–water partition coefficient (Wildman–Crippen LogP) is 3.27. The number of nitrogens with zero attached hydrogens (tertiary/aromatic N) is 1. The maximum absolute atomic E-state index is 14.3. The smallest absolute Gasteiger partial charge is 0.255 e. The highest BCUT2D eigenvalue weighted by atomic mass is 19.1. The number of carbonyl (C=O) groups excluding carboxylic acids is 3. The van der Waals surface area contributed by atoms with Gasteiger partial charge in [-0.1, -0.05) is 13.8 Å². The molecule has 3 amide bonds. The first-order chi connectivity index (χ1) is 12.7. The molecule has 2 fully saturated rings. The number of hydrogen-bond acceptors (Lipinski definition) is 3. The maximum atomic E-state index is 14.3. The fourth-order valence-electron chi connectivity index (χ4n) is 4.73. The number of benzene rings is 1. The van der Waals surface area contributed by atoms with Gasteiger partial charge in [-0.2, -0.15) is 0 Å². The molecule has 6 heteroatoms. The van der Waals surface area contributed by atoms with Crippen molar-refractivity contribution in [3.8, 4) is 0 Å². The summed E-state index contributed by atoms with van der Waals surface area (Å²) in [5.41, 5.74) is 2.46. The standard InChI is InChI=1S/C21H25FN2O3/c1-21(2)7-5-12(6-8-21)14-9-13(22)10-15-16(14)11-24(20(15)27)17-3-4-18(25)23-19(17)26/h9-10,12,17H,3-8,11H2,1-2H3,(H,23,25,26). The third kappa shape index (κ3) is 3.26. The molecule has 1 aromatic rings. The molecule has 0 aromatic heterocycles. The molecule has 0 spiro atoms. The van der Waals surface area contributed by atoms with E-state index in [1.165, 1.54) is 11.0 Å². The Bertz CT molecular complexity index is 823. The van der Waals surface area contributed by atoms with E-state index in [0.717, 1.165) is 36.8 Å². The number of imide groups is 1. The quantitative estimate of drug-likeness (QED) is 0.811. The normalized spacial score (nSPS) is 25.5. The summed E-state index contributed by atoms with van der Waals surface area (Å²) >= 11 is 0. The molecule has 1 atom stereocenters. The third-order valence-corrected chi connectivity index (χ3v) is 6.43. The van der Waals surface area contributed by atoms with Crippen LogP contribution in [0.25, 0.3) is 0 Å². The van der Waals surface area contributed by atoms with E-state index in [4.69, 9.17) is 0 Å². The van der Waals surface area contributed by atoms with Gasteiger partial charge in [-0.25, -0.2) is 4.39 Å². The predicted molar refractivity (Wildman–Crippen MR) is 97.4 cm³/mol. The first-order valence-electron chi connectivity index (χ1n) is 9.72. The van der Waals surface area contributed by atoms with Gasteiger partial charge in [-0.15, -0.1) is 0 Å². The largest absolute Gasteiger partial charge is 0.322 e. The highest BCUT2D eigenvalue weighted by Gasteiger charge is 2.41. The molecule has 1 aliphatic carbocycles. The molecule has 1 aromatic carbocycles. The molecule has 1 saturated carbocycles. The maximum Gasteiger partial charge on any atom is 0.255 e. The Morgan fingerprint density at radius 3 is 2.48 bits per heavy atom. The molecule has 27 heavy (non-hydrogen) atoms. The molecule has 1 unspecified atom stereocenters. The van der Waals surface area contributed by atoms with Crippen molar-refractivity contribution in [2.45, 2.75) is 70.9 Å². The van der Waals surface area contributed by atoms with Crippen LogP contribution in [0.4, 0.5) is 4.39 Å². The summed E-state index contributed by atoms with van der Waals surface area (Å²) < 4.78 is 14.3. The minimum absolute atomic E-state index is 0.218. The van der Waals surface area contributed by atoms with Crippen LogP contribution in [0, 0.1) is 11.2 Å². The van der Waals surface area contributed by atoms with Gasteiger partial charge in [0.15, 0.2) is 0 Å². The second-order valence-electron chi connectivity index (χ2n) is 8.86. The topological polar surface area (TPSA) is 66.5 Å². The molecule has 2 heterocycles. The molecule has 2 aliphatic heterocycles. The zero-order valence-corrected chi connectivity index (χ0v) is 15.8. The van der Waals surface area contributed by atoms with Gasteiger partial charge in [-0.05, 0) is 66.7 Å². The molecular formula is C21H25FN2O3. The number of amides is 3. The van der Waals surface area contributed by atoms with Gasteiger partial charge in [0, 0.05) is 18.5 Å². The molecule has 0 bridgehead atoms. The van der Waals surface area contributed by atoms with Crippen LogP contribution in [0.3, 0.4) is 0 Å². The lowest BCUT2D eigenvalue weighted by Gasteiger charge is -2.35. The summed E-state index contributed by atoms with van der Waals surface area (Å²) in [4.78, 5) is 38.0. The first-order valence-corrected chi connectivity index (χ1v) is 9.72. The van der Waals surface area contributed by atoms with Gasteiger partial charge in [0.05, 0.1) is 0 Å². The van der Waals surface area contributed by atoms with E-state index in [1.54, 1.807) is 6.07 Å². The number of halogens is 1. The minimum atomic E-state index is -0.663. The van der Waals surface area contributed by atoms with E-state index in [9.17, 15) is 18.8 Å². The molecular weight excluding hydrogens is 347 g/mol. The SMILES string of the molecule is CC1(C)CCC(c2cc(F)cc3c2CN(C2CCC(=O)NC2=O)C3=O)CC1. The Balaban J connectivity index is 1.63. The van der Waals surface area contributed by atoms with Gasteiger partial charge in [0.1, 0.15) is 11.9 Å². The fraction of sp³-hybridized carbons (Fsp3) is 0.571. The zero-order chi connectivity index (χ0) is 19.3. The number of piperidine rings is 1. The van der Waals surface area contributed by atoms with Crippen LogP contribution in [0.15, 0.2) is 12.1 Å². The van der Waals surface area contributed by atoms with Crippen LogP contribution in [-0.2, 0) is 16.1 Å². The lowest BCUT2D eigenvalue weighted by molar-refractivity contribution is -0.136. The third-order valence-electron chi connectivity index (χ3n) is 6.43. The van der Waals surface area contributed by atoms with E-state index in [1.807, 2.05) is 0 Å². The molecule has 4 rings (SSSR count). The van der Waals surface area contributed by atoms with Crippen LogP contribution in [0.5, 0.6) is 0 Å². The molecule has 0 radical (unpaired) electrons. The molecule has 5 nitrogen and oxygen atoms in total. The van der Waals surface area contributed by atoms with Crippen molar-refractivity contribution < 1.29 is 18.8 Å². The van der Waals surface area contributed by atoms with E-state index < -0.39 is 17.8 Å². The summed E-state index contributed by atoms with van der Waals surface area (Å²) in [7, 11) is 0. The lowest BCUT2D eigenvalue weighted by Crippen LogP contribution is -2.52. The van der Waals surface area contributed by atoms with E-state index in [-0.39, 0.29) is 24.2 Å². The van der Waals surface area contributed by atoms with Crippen LogP contribution < -0.4 is 5.32 Å². The first kappa shape index (κ1) is 18.1. The average Bonchev–Trinajstić information content (AvgIpc) is 2.91. The highest BCUT2D eigenvalue weighted by molar-refractivity contribution is 6.05. The number of hydrogen-bond donors (Lipinski definition) is 1. The molecule has 1 saturated heterocycles. The van der Waals surface area contributed by atoms with Gasteiger partial charge >= 0.3 is 0 Å². The van der Waals surface area contributed by atoms with Crippen LogP contribution >= 0.6 is 0 Å². The Morgan fingerprint density at radius 1 is 1.11 bits per heavy atom. The number of rotatable bonds is 2.